The van der Waals surface area contributed by atoms with Crippen LogP contribution < -0.4 is 12.4 Å². The molecule has 0 bridgehead atoms. The fourth-order valence-electron chi connectivity index (χ4n) is 4.12. The van der Waals surface area contributed by atoms with E-state index in [2.05, 4.69) is 65.3 Å². The van der Waals surface area contributed by atoms with Crippen LogP contribution in [0.25, 0.3) is 0 Å². The van der Waals surface area contributed by atoms with Gasteiger partial charge in [-0.3, -0.25) is 0 Å². The van der Waals surface area contributed by atoms with Crippen molar-refractivity contribution >= 4 is 0 Å². The van der Waals surface area contributed by atoms with Crippen LogP contribution in [-0.4, -0.2) is 25.6 Å². The summed E-state index contributed by atoms with van der Waals surface area (Å²) in [6.45, 7) is 4.74. The van der Waals surface area contributed by atoms with Gasteiger partial charge in [-0.15, -0.1) is 0 Å². The number of nitrogens with zero attached hydrogens (tertiary/aromatic N) is 1. The molecule has 2 heteroatoms. The summed E-state index contributed by atoms with van der Waals surface area (Å²) in [6.07, 6.45) is 14.1. The summed E-state index contributed by atoms with van der Waals surface area (Å²) in [4.78, 5) is 0. The first-order chi connectivity index (χ1) is 11.5. The maximum atomic E-state index is 2.45. The Bertz CT molecular complexity index is 410. The molecule has 0 saturated carbocycles. The van der Waals surface area contributed by atoms with Crippen LogP contribution in [0.5, 0.6) is 0 Å². The van der Waals surface area contributed by atoms with E-state index in [0.29, 0.717) is 6.04 Å². The van der Waals surface area contributed by atoms with Gasteiger partial charge < -0.3 is 16.9 Å². The molecule has 0 aromatic heterocycles. The maximum Gasteiger partial charge on any atom is 0.117 e. The molecule has 0 heterocycles. The van der Waals surface area contributed by atoms with Gasteiger partial charge in [0.2, 0.25) is 0 Å². The van der Waals surface area contributed by atoms with Crippen molar-refractivity contribution in [2.45, 2.75) is 84.1 Å². The number of unbranched alkanes of at least 4 members (excludes halogenated alkanes) is 8. The van der Waals surface area contributed by atoms with Crippen molar-refractivity contribution in [1.29, 1.82) is 0 Å². The minimum absolute atomic E-state index is 0. The summed E-state index contributed by atoms with van der Waals surface area (Å²) in [5.74, 6) is 0.733. The van der Waals surface area contributed by atoms with Crippen LogP contribution in [-0.2, 0) is 0 Å². The van der Waals surface area contributed by atoms with Gasteiger partial charge in [0.05, 0.1) is 21.1 Å². The Kier molecular flexibility index (Phi) is 13.4. The fraction of sp³-hybridized carbons (Fsp3) is 0.739. The highest BCUT2D eigenvalue weighted by Crippen LogP contribution is 2.34. The van der Waals surface area contributed by atoms with E-state index in [1.54, 1.807) is 0 Å². The number of halogens is 1. The van der Waals surface area contributed by atoms with Gasteiger partial charge in [-0.1, -0.05) is 102 Å². The van der Waals surface area contributed by atoms with Gasteiger partial charge in [-0.05, 0) is 6.42 Å². The molecular weight excluding hydrogens is 326 g/mol. The molecule has 146 valence electrons. The SMILES string of the molecule is CCCCCCCCCCCC(C)C(c1ccccc1)[N+](C)(C)C.[Cl-]. The van der Waals surface area contributed by atoms with E-state index in [9.17, 15) is 0 Å². The molecule has 0 aliphatic heterocycles. The van der Waals surface area contributed by atoms with Crippen LogP contribution in [0.2, 0.25) is 0 Å². The molecular formula is C23H42ClN. The molecule has 0 saturated heterocycles. The zero-order valence-electron chi connectivity index (χ0n) is 17.4. The van der Waals surface area contributed by atoms with Crippen molar-refractivity contribution in [2.24, 2.45) is 5.92 Å². The lowest BCUT2D eigenvalue weighted by molar-refractivity contribution is -0.906. The highest BCUT2D eigenvalue weighted by molar-refractivity contribution is 5.18. The molecule has 25 heavy (non-hydrogen) atoms. The van der Waals surface area contributed by atoms with Crippen molar-refractivity contribution in [1.82, 2.24) is 0 Å². The van der Waals surface area contributed by atoms with E-state index >= 15 is 0 Å². The van der Waals surface area contributed by atoms with Gasteiger partial charge in [0.15, 0.2) is 0 Å². The van der Waals surface area contributed by atoms with Crippen LogP contribution in [0.4, 0.5) is 0 Å². The summed E-state index contributed by atoms with van der Waals surface area (Å²) in [7, 11) is 7.01. The van der Waals surface area contributed by atoms with Crippen LogP contribution in [0.3, 0.4) is 0 Å². The van der Waals surface area contributed by atoms with E-state index in [-0.39, 0.29) is 12.4 Å². The van der Waals surface area contributed by atoms with Gasteiger partial charge in [0, 0.05) is 11.5 Å². The molecule has 0 amide bonds. The molecule has 0 fully saturated rings. The summed E-state index contributed by atoms with van der Waals surface area (Å²) < 4.78 is 1.02. The molecule has 0 aliphatic carbocycles. The topological polar surface area (TPSA) is 0 Å². The lowest BCUT2D eigenvalue weighted by Crippen LogP contribution is -3.00. The standard InChI is InChI=1S/C23H42N.ClH/c1-6-7-8-9-10-11-12-13-15-18-21(2)23(24(3,4)5)22-19-16-14-17-20-22;/h14,16-17,19-21,23H,6-13,15,18H2,1-5H3;1H/q+1;/p-1. The lowest BCUT2D eigenvalue weighted by Gasteiger charge is -2.38. The van der Waals surface area contributed by atoms with Crippen molar-refractivity contribution in [3.05, 3.63) is 35.9 Å². The predicted molar refractivity (Wildman–Crippen MR) is 108 cm³/mol. The summed E-state index contributed by atoms with van der Waals surface area (Å²) in [5.41, 5.74) is 1.49. The third-order valence-corrected chi connectivity index (χ3v) is 5.28. The Morgan fingerprint density at radius 1 is 0.760 bits per heavy atom. The van der Waals surface area contributed by atoms with E-state index < -0.39 is 0 Å². The normalized spacial score (nSPS) is 14.0. The predicted octanol–water partition coefficient (Wildman–Crippen LogP) is 3.99. The van der Waals surface area contributed by atoms with E-state index in [0.717, 1.165) is 10.4 Å². The molecule has 1 aromatic carbocycles. The molecule has 0 spiro atoms. The van der Waals surface area contributed by atoms with E-state index in [1.807, 2.05) is 0 Å². The molecule has 0 radical (unpaired) electrons. The summed E-state index contributed by atoms with van der Waals surface area (Å²) >= 11 is 0. The largest absolute Gasteiger partial charge is 1.00 e. The average Bonchev–Trinajstić information content (AvgIpc) is 2.53. The van der Waals surface area contributed by atoms with Crippen molar-refractivity contribution in [3.8, 4) is 0 Å². The molecule has 0 aliphatic rings. The van der Waals surface area contributed by atoms with E-state index in [1.165, 1.54) is 69.8 Å². The van der Waals surface area contributed by atoms with Crippen molar-refractivity contribution in [3.63, 3.8) is 0 Å². The van der Waals surface area contributed by atoms with Gasteiger partial charge in [0.25, 0.3) is 0 Å². The van der Waals surface area contributed by atoms with Crippen molar-refractivity contribution < 1.29 is 16.9 Å². The second-order valence-electron chi connectivity index (χ2n) is 8.57. The highest BCUT2D eigenvalue weighted by Gasteiger charge is 2.30. The van der Waals surface area contributed by atoms with Crippen LogP contribution in [0, 0.1) is 5.92 Å². The van der Waals surface area contributed by atoms with Gasteiger partial charge in [-0.2, -0.15) is 0 Å². The number of benzene rings is 1. The molecule has 1 nitrogen and oxygen atoms in total. The Balaban J connectivity index is 0.00000576. The average molecular weight is 368 g/mol. The molecule has 0 N–H and O–H groups in total. The zero-order chi connectivity index (χ0) is 17.8. The smallest absolute Gasteiger partial charge is 0.117 e. The Morgan fingerprint density at radius 3 is 1.72 bits per heavy atom. The van der Waals surface area contributed by atoms with Crippen molar-refractivity contribution in [2.75, 3.05) is 21.1 Å². The number of hydrogen-bond acceptors (Lipinski definition) is 0. The molecule has 1 aromatic rings. The second-order valence-corrected chi connectivity index (χ2v) is 8.57. The molecule has 1 rings (SSSR count). The second kappa shape index (κ2) is 13.6. The monoisotopic (exact) mass is 367 g/mol. The number of hydrogen-bond donors (Lipinski definition) is 0. The highest BCUT2D eigenvalue weighted by atomic mass is 35.5. The van der Waals surface area contributed by atoms with Gasteiger partial charge in [-0.25, -0.2) is 0 Å². The minimum Gasteiger partial charge on any atom is -1.00 e. The fourth-order valence-corrected chi connectivity index (χ4v) is 4.12. The Labute approximate surface area is 164 Å². The number of quaternary nitrogens is 1. The maximum absolute atomic E-state index is 2.45. The first kappa shape index (κ1) is 24.5. The first-order valence-electron chi connectivity index (χ1n) is 10.3. The van der Waals surface area contributed by atoms with Crippen LogP contribution in [0.15, 0.2) is 30.3 Å². The quantitative estimate of drug-likeness (QED) is 0.365. The van der Waals surface area contributed by atoms with Crippen LogP contribution in [0.1, 0.15) is 89.7 Å². The summed E-state index contributed by atoms with van der Waals surface area (Å²) in [6, 6.07) is 11.7. The lowest BCUT2D eigenvalue weighted by atomic mass is 9.88. The van der Waals surface area contributed by atoms with Gasteiger partial charge >= 0.3 is 0 Å². The number of rotatable bonds is 13. The first-order valence-corrected chi connectivity index (χ1v) is 10.3. The Hall–Kier alpha value is -0.530. The molecule has 2 unspecified atom stereocenters. The Morgan fingerprint density at radius 2 is 1.24 bits per heavy atom. The van der Waals surface area contributed by atoms with Crippen LogP contribution >= 0.6 is 0 Å². The van der Waals surface area contributed by atoms with Gasteiger partial charge in [0.1, 0.15) is 6.04 Å². The third kappa shape index (κ3) is 10.3. The molecule has 2 atom stereocenters. The third-order valence-electron chi connectivity index (χ3n) is 5.28. The minimum atomic E-state index is 0. The summed E-state index contributed by atoms with van der Waals surface area (Å²) in [5, 5.41) is 0. The van der Waals surface area contributed by atoms with E-state index in [4.69, 9.17) is 0 Å². The zero-order valence-corrected chi connectivity index (χ0v) is 18.2.